The molecule has 1 amide bonds. The number of nitro groups is 1. The molecule has 1 aromatic carbocycles. The van der Waals surface area contributed by atoms with Crippen LogP contribution in [0.2, 0.25) is 0 Å². The Morgan fingerprint density at radius 1 is 1.42 bits per heavy atom. The van der Waals surface area contributed by atoms with Crippen LogP contribution < -0.4 is 10.6 Å². The molecular formula is C12H15N3O4. The van der Waals surface area contributed by atoms with Gasteiger partial charge in [-0.3, -0.25) is 14.9 Å². The summed E-state index contributed by atoms with van der Waals surface area (Å²) < 4.78 is 0. The van der Waals surface area contributed by atoms with E-state index in [1.807, 2.05) is 4.90 Å². The highest BCUT2D eigenvalue weighted by Crippen LogP contribution is 2.31. The van der Waals surface area contributed by atoms with E-state index in [1.165, 1.54) is 18.2 Å². The Hall–Kier alpha value is -2.15. The summed E-state index contributed by atoms with van der Waals surface area (Å²) in [5, 5.41) is 20.5. The summed E-state index contributed by atoms with van der Waals surface area (Å²) in [5.74, 6) is -0.691. The molecule has 1 fully saturated rings. The fourth-order valence-electron chi connectivity index (χ4n) is 2.20. The molecule has 1 aliphatic heterocycles. The van der Waals surface area contributed by atoms with E-state index in [4.69, 9.17) is 5.73 Å². The minimum Gasteiger partial charge on any atom is -0.393 e. The number of benzene rings is 1. The average Bonchev–Trinajstić information content (AvgIpc) is 2.38. The lowest BCUT2D eigenvalue weighted by molar-refractivity contribution is -0.384. The fraction of sp³-hybridized carbons (Fsp3) is 0.417. The molecule has 0 radical (unpaired) electrons. The summed E-state index contributed by atoms with van der Waals surface area (Å²) >= 11 is 0. The first-order valence-electron chi connectivity index (χ1n) is 6.00. The molecule has 7 nitrogen and oxygen atoms in total. The smallest absolute Gasteiger partial charge is 0.293 e. The van der Waals surface area contributed by atoms with Gasteiger partial charge in [0.1, 0.15) is 5.69 Å². The summed E-state index contributed by atoms with van der Waals surface area (Å²) in [6.07, 6.45) is 0.809. The van der Waals surface area contributed by atoms with Crippen molar-refractivity contribution >= 4 is 17.3 Å². The highest BCUT2D eigenvalue weighted by molar-refractivity contribution is 5.94. The average molecular weight is 265 g/mol. The number of hydrogen-bond donors (Lipinski definition) is 2. The molecule has 102 valence electrons. The number of nitro benzene ring substituents is 1. The van der Waals surface area contributed by atoms with Crippen molar-refractivity contribution in [1.82, 2.24) is 0 Å². The maximum Gasteiger partial charge on any atom is 0.293 e. The first-order chi connectivity index (χ1) is 8.99. The molecule has 3 N–H and O–H groups in total. The van der Waals surface area contributed by atoms with E-state index in [2.05, 4.69) is 0 Å². The van der Waals surface area contributed by atoms with Gasteiger partial charge < -0.3 is 15.7 Å². The lowest BCUT2D eigenvalue weighted by Crippen LogP contribution is -2.36. The molecule has 0 bridgehead atoms. The number of rotatable bonds is 3. The zero-order valence-corrected chi connectivity index (χ0v) is 10.3. The number of nitrogens with zero attached hydrogens (tertiary/aromatic N) is 2. The SMILES string of the molecule is NC(=O)c1ccc(N2CCC(O)CC2)c([N+](=O)[O-])c1. The van der Waals surface area contributed by atoms with Crippen LogP contribution in [-0.4, -0.2) is 35.1 Å². The second-order valence-electron chi connectivity index (χ2n) is 4.54. The van der Waals surface area contributed by atoms with Gasteiger partial charge in [-0.15, -0.1) is 0 Å². The molecule has 19 heavy (non-hydrogen) atoms. The largest absolute Gasteiger partial charge is 0.393 e. The van der Waals surface area contributed by atoms with Crippen molar-refractivity contribution in [2.45, 2.75) is 18.9 Å². The summed E-state index contributed by atoms with van der Waals surface area (Å²) in [5.41, 5.74) is 5.57. The van der Waals surface area contributed by atoms with Crippen molar-refractivity contribution in [2.75, 3.05) is 18.0 Å². The van der Waals surface area contributed by atoms with Crippen LogP contribution in [0.3, 0.4) is 0 Å². The topological polar surface area (TPSA) is 110 Å². The van der Waals surface area contributed by atoms with Crippen molar-refractivity contribution in [1.29, 1.82) is 0 Å². The number of primary amides is 1. The molecule has 0 aromatic heterocycles. The number of aliphatic hydroxyl groups excluding tert-OH is 1. The number of anilines is 1. The molecule has 7 heteroatoms. The van der Waals surface area contributed by atoms with E-state index < -0.39 is 10.8 Å². The Labute approximate surface area is 109 Å². The Balaban J connectivity index is 2.34. The Bertz CT molecular complexity index is 510. The van der Waals surface area contributed by atoms with Crippen LogP contribution in [-0.2, 0) is 0 Å². The van der Waals surface area contributed by atoms with Crippen LogP contribution in [0.5, 0.6) is 0 Å². The maximum absolute atomic E-state index is 11.1. The monoisotopic (exact) mass is 265 g/mol. The molecular weight excluding hydrogens is 250 g/mol. The van der Waals surface area contributed by atoms with E-state index in [9.17, 15) is 20.0 Å². The van der Waals surface area contributed by atoms with E-state index in [1.54, 1.807) is 0 Å². The molecule has 0 aliphatic carbocycles. The van der Waals surface area contributed by atoms with Gasteiger partial charge in [-0.2, -0.15) is 0 Å². The number of carbonyl (C=O) groups excluding carboxylic acids is 1. The maximum atomic E-state index is 11.1. The van der Waals surface area contributed by atoms with E-state index >= 15 is 0 Å². The van der Waals surface area contributed by atoms with Gasteiger partial charge in [-0.1, -0.05) is 0 Å². The van der Waals surface area contributed by atoms with E-state index in [-0.39, 0.29) is 17.4 Å². The number of hydrogen-bond acceptors (Lipinski definition) is 5. The number of amides is 1. The van der Waals surface area contributed by atoms with Gasteiger partial charge in [-0.25, -0.2) is 0 Å². The molecule has 1 heterocycles. The predicted octanol–water partition coefficient (Wildman–Crippen LogP) is 0.655. The Kier molecular flexibility index (Phi) is 3.66. The van der Waals surface area contributed by atoms with Crippen molar-refractivity contribution in [3.8, 4) is 0 Å². The lowest BCUT2D eigenvalue weighted by Gasteiger charge is -2.31. The highest BCUT2D eigenvalue weighted by Gasteiger charge is 2.24. The van der Waals surface area contributed by atoms with Gasteiger partial charge in [0.25, 0.3) is 5.69 Å². The van der Waals surface area contributed by atoms with E-state index in [0.717, 1.165) is 0 Å². The van der Waals surface area contributed by atoms with Gasteiger partial charge in [0.2, 0.25) is 5.91 Å². The van der Waals surface area contributed by atoms with Crippen LogP contribution >= 0.6 is 0 Å². The third-order valence-corrected chi connectivity index (χ3v) is 3.26. The normalized spacial score (nSPS) is 16.4. The zero-order valence-electron chi connectivity index (χ0n) is 10.3. The van der Waals surface area contributed by atoms with Crippen LogP contribution in [0.15, 0.2) is 18.2 Å². The number of aliphatic hydroxyl groups is 1. The Morgan fingerprint density at radius 3 is 2.58 bits per heavy atom. The fourth-order valence-corrected chi connectivity index (χ4v) is 2.20. The van der Waals surface area contributed by atoms with Crippen LogP contribution in [0.1, 0.15) is 23.2 Å². The highest BCUT2D eigenvalue weighted by atomic mass is 16.6. The Morgan fingerprint density at radius 2 is 2.05 bits per heavy atom. The molecule has 0 spiro atoms. The zero-order chi connectivity index (χ0) is 14.0. The summed E-state index contributed by atoms with van der Waals surface area (Å²) in [7, 11) is 0. The minimum atomic E-state index is -0.691. The third-order valence-electron chi connectivity index (χ3n) is 3.26. The molecule has 2 rings (SSSR count). The van der Waals surface area contributed by atoms with Gasteiger partial charge in [0, 0.05) is 24.7 Å². The van der Waals surface area contributed by atoms with Crippen molar-refractivity contribution in [3.63, 3.8) is 0 Å². The van der Waals surface area contributed by atoms with E-state index in [0.29, 0.717) is 31.6 Å². The lowest BCUT2D eigenvalue weighted by atomic mass is 10.1. The summed E-state index contributed by atoms with van der Waals surface area (Å²) in [6, 6.07) is 4.22. The molecule has 1 aromatic rings. The van der Waals surface area contributed by atoms with Crippen molar-refractivity contribution < 1.29 is 14.8 Å². The quantitative estimate of drug-likeness (QED) is 0.616. The number of carbonyl (C=O) groups is 1. The second kappa shape index (κ2) is 5.23. The summed E-state index contributed by atoms with van der Waals surface area (Å²) in [4.78, 5) is 23.5. The van der Waals surface area contributed by atoms with Gasteiger partial charge in [-0.05, 0) is 25.0 Å². The van der Waals surface area contributed by atoms with Gasteiger partial charge in [0.05, 0.1) is 11.0 Å². The third kappa shape index (κ3) is 2.82. The predicted molar refractivity (Wildman–Crippen MR) is 69.1 cm³/mol. The van der Waals surface area contributed by atoms with Crippen LogP contribution in [0.4, 0.5) is 11.4 Å². The van der Waals surface area contributed by atoms with Gasteiger partial charge >= 0.3 is 0 Å². The second-order valence-corrected chi connectivity index (χ2v) is 4.54. The van der Waals surface area contributed by atoms with Gasteiger partial charge in [0.15, 0.2) is 0 Å². The minimum absolute atomic E-state index is 0.118. The van der Waals surface area contributed by atoms with Crippen molar-refractivity contribution in [2.24, 2.45) is 5.73 Å². The standard InChI is InChI=1S/C12H15N3O4/c13-12(17)8-1-2-10(11(7-8)15(18)19)14-5-3-9(16)4-6-14/h1-2,7,9,16H,3-6H2,(H2,13,17). The molecule has 0 saturated carbocycles. The first kappa shape index (κ1) is 13.3. The molecule has 1 saturated heterocycles. The molecule has 0 atom stereocenters. The molecule has 1 aliphatic rings. The first-order valence-corrected chi connectivity index (χ1v) is 6.00. The summed E-state index contributed by atoms with van der Waals surface area (Å²) in [6.45, 7) is 1.11. The molecule has 0 unspecified atom stereocenters. The van der Waals surface area contributed by atoms with Crippen LogP contribution in [0.25, 0.3) is 0 Å². The van der Waals surface area contributed by atoms with Crippen LogP contribution in [0, 0.1) is 10.1 Å². The number of piperidine rings is 1. The number of nitrogens with two attached hydrogens (primary N) is 1. The van der Waals surface area contributed by atoms with Crippen molar-refractivity contribution in [3.05, 3.63) is 33.9 Å².